The van der Waals surface area contributed by atoms with Crippen LogP contribution in [-0.4, -0.2) is 21.5 Å². The normalized spacial score (nSPS) is 12.6. The Morgan fingerprint density at radius 1 is 1.47 bits per heavy atom. The minimum absolute atomic E-state index is 0.0323. The second-order valence-corrected chi connectivity index (χ2v) is 4.69. The van der Waals surface area contributed by atoms with E-state index in [0.717, 1.165) is 0 Å². The van der Waals surface area contributed by atoms with E-state index >= 15 is 0 Å². The summed E-state index contributed by atoms with van der Waals surface area (Å²) >= 11 is 5.78. The van der Waals surface area contributed by atoms with Gasteiger partial charge in [0.1, 0.15) is 11.3 Å². The van der Waals surface area contributed by atoms with E-state index in [9.17, 15) is 4.79 Å². The monoisotopic (exact) mass is 253 g/mol. The average molecular weight is 254 g/mol. The van der Waals surface area contributed by atoms with Gasteiger partial charge < -0.3 is 4.74 Å². The van der Waals surface area contributed by atoms with Crippen molar-refractivity contribution in [3.05, 3.63) is 23.2 Å². The van der Waals surface area contributed by atoms with E-state index in [1.54, 1.807) is 20.8 Å². The highest BCUT2D eigenvalue weighted by atomic mass is 35.5. The molecule has 6 heteroatoms. The van der Waals surface area contributed by atoms with Gasteiger partial charge in [0.15, 0.2) is 11.1 Å². The number of halogens is 1. The minimum atomic E-state index is -1.16. The molecule has 0 aliphatic carbocycles. The van der Waals surface area contributed by atoms with Crippen LogP contribution in [0.15, 0.2) is 12.4 Å². The predicted molar refractivity (Wildman–Crippen MR) is 61.2 cm³/mol. The lowest BCUT2D eigenvalue weighted by Crippen LogP contribution is -2.27. The summed E-state index contributed by atoms with van der Waals surface area (Å²) in [6.07, 6.45) is 2.76. The average Bonchev–Trinajstić information content (AvgIpc) is 2.19. The number of rotatable bonds is 2. The fourth-order valence-electron chi connectivity index (χ4n) is 1.11. The van der Waals surface area contributed by atoms with E-state index < -0.39 is 17.5 Å². The van der Waals surface area contributed by atoms with Crippen molar-refractivity contribution in [2.45, 2.75) is 32.3 Å². The van der Waals surface area contributed by atoms with Crippen LogP contribution >= 0.6 is 11.6 Å². The molecular formula is C11H12ClN3O2. The van der Waals surface area contributed by atoms with Crippen molar-refractivity contribution in [3.8, 4) is 6.07 Å². The van der Waals surface area contributed by atoms with Gasteiger partial charge in [-0.2, -0.15) is 5.26 Å². The molecule has 1 heterocycles. The molecule has 1 rings (SSSR count). The summed E-state index contributed by atoms with van der Waals surface area (Å²) in [5.41, 5.74) is -0.549. The van der Waals surface area contributed by atoms with Crippen molar-refractivity contribution >= 4 is 17.6 Å². The molecule has 90 valence electrons. The maximum absolute atomic E-state index is 11.8. The smallest absolute Gasteiger partial charge is 0.330 e. The first-order valence-electron chi connectivity index (χ1n) is 4.94. The van der Waals surface area contributed by atoms with Crippen molar-refractivity contribution in [1.29, 1.82) is 5.26 Å². The van der Waals surface area contributed by atoms with Crippen molar-refractivity contribution in [2.75, 3.05) is 0 Å². The first-order valence-corrected chi connectivity index (χ1v) is 5.32. The summed E-state index contributed by atoms with van der Waals surface area (Å²) in [6, 6.07) is 1.82. The molecule has 0 aliphatic rings. The number of nitriles is 1. The summed E-state index contributed by atoms with van der Waals surface area (Å²) in [4.78, 5) is 19.4. The molecule has 1 aromatic rings. The summed E-state index contributed by atoms with van der Waals surface area (Å²) in [5, 5.41) is 9.03. The quantitative estimate of drug-likeness (QED) is 0.754. The zero-order chi connectivity index (χ0) is 13.1. The summed E-state index contributed by atoms with van der Waals surface area (Å²) in [7, 11) is 0. The zero-order valence-electron chi connectivity index (χ0n) is 9.77. The van der Waals surface area contributed by atoms with Crippen LogP contribution in [0, 0.1) is 11.3 Å². The van der Waals surface area contributed by atoms with Gasteiger partial charge in [0.2, 0.25) is 0 Å². The number of hydrogen-bond donors (Lipinski definition) is 0. The van der Waals surface area contributed by atoms with Crippen LogP contribution in [-0.2, 0) is 9.53 Å². The molecule has 17 heavy (non-hydrogen) atoms. The van der Waals surface area contributed by atoms with E-state index in [0.29, 0.717) is 0 Å². The molecule has 0 bridgehead atoms. The molecule has 0 spiro atoms. The van der Waals surface area contributed by atoms with Gasteiger partial charge in [0.05, 0.1) is 6.07 Å². The summed E-state index contributed by atoms with van der Waals surface area (Å²) in [6.45, 7) is 5.16. The molecular weight excluding hydrogens is 242 g/mol. The molecule has 0 saturated carbocycles. The van der Waals surface area contributed by atoms with E-state index in [1.807, 2.05) is 6.07 Å². The second-order valence-electron chi connectivity index (χ2n) is 4.33. The van der Waals surface area contributed by atoms with Crippen molar-refractivity contribution in [1.82, 2.24) is 9.97 Å². The third kappa shape index (κ3) is 3.68. The van der Waals surface area contributed by atoms with Crippen molar-refractivity contribution in [2.24, 2.45) is 0 Å². The third-order valence-corrected chi connectivity index (χ3v) is 2.02. The van der Waals surface area contributed by atoms with Crippen molar-refractivity contribution < 1.29 is 9.53 Å². The highest BCUT2D eigenvalue weighted by molar-refractivity contribution is 6.30. The largest absolute Gasteiger partial charge is 0.459 e. The van der Waals surface area contributed by atoms with Crippen LogP contribution in [0.2, 0.25) is 5.15 Å². The fourth-order valence-corrected chi connectivity index (χ4v) is 1.33. The van der Waals surface area contributed by atoms with E-state index in [4.69, 9.17) is 21.6 Å². The van der Waals surface area contributed by atoms with Gasteiger partial charge in [-0.1, -0.05) is 11.6 Å². The molecule has 0 amide bonds. The first kappa shape index (κ1) is 13.4. The molecule has 0 unspecified atom stereocenters. The fraction of sp³-hybridized carbons (Fsp3) is 0.455. The van der Waals surface area contributed by atoms with Crippen LogP contribution < -0.4 is 0 Å². The lowest BCUT2D eigenvalue weighted by Gasteiger charge is -2.21. The number of nitrogens with zero attached hydrogens (tertiary/aromatic N) is 3. The van der Waals surface area contributed by atoms with Gasteiger partial charge in [-0.05, 0) is 20.8 Å². The maximum atomic E-state index is 11.8. The lowest BCUT2D eigenvalue weighted by molar-refractivity contribution is -0.155. The molecule has 0 aromatic carbocycles. The maximum Gasteiger partial charge on any atom is 0.330 e. The minimum Gasteiger partial charge on any atom is -0.459 e. The first-order chi connectivity index (χ1) is 7.85. The van der Waals surface area contributed by atoms with Gasteiger partial charge in [-0.3, -0.25) is 9.78 Å². The highest BCUT2D eigenvalue weighted by Gasteiger charge is 2.29. The Labute approximate surface area is 104 Å². The number of carbonyl (C=O) groups excluding carboxylic acids is 1. The second kappa shape index (κ2) is 5.11. The van der Waals surface area contributed by atoms with Crippen LogP contribution in [0.25, 0.3) is 0 Å². The van der Waals surface area contributed by atoms with Crippen LogP contribution in [0.3, 0.4) is 0 Å². The van der Waals surface area contributed by atoms with Crippen LogP contribution in [0.1, 0.15) is 32.4 Å². The van der Waals surface area contributed by atoms with E-state index in [-0.39, 0.29) is 10.8 Å². The molecule has 0 fully saturated rings. The molecule has 1 aromatic heterocycles. The SMILES string of the molecule is CC(C)(C)OC(=O)[C@@H](C#N)c1nccnc1Cl. The Morgan fingerprint density at radius 2 is 2.06 bits per heavy atom. The Bertz CT molecular complexity index is 463. The molecule has 0 saturated heterocycles. The number of aromatic nitrogens is 2. The molecule has 5 nitrogen and oxygen atoms in total. The molecule has 0 aliphatic heterocycles. The number of hydrogen-bond acceptors (Lipinski definition) is 5. The van der Waals surface area contributed by atoms with Gasteiger partial charge in [0, 0.05) is 12.4 Å². The Balaban J connectivity index is 2.98. The van der Waals surface area contributed by atoms with Gasteiger partial charge >= 0.3 is 5.97 Å². The standard InChI is InChI=1S/C11H12ClN3O2/c1-11(2,3)17-10(16)7(6-13)8-9(12)15-5-4-14-8/h4-5,7H,1-3H3/t7-/m0/s1. The Hall–Kier alpha value is -1.67. The summed E-state index contributed by atoms with van der Waals surface area (Å²) < 4.78 is 5.11. The number of ether oxygens (including phenoxy) is 1. The van der Waals surface area contributed by atoms with E-state index in [1.165, 1.54) is 12.4 Å². The molecule has 0 N–H and O–H groups in total. The Kier molecular flexibility index (Phi) is 4.02. The van der Waals surface area contributed by atoms with Gasteiger partial charge in [0.25, 0.3) is 0 Å². The molecule has 0 radical (unpaired) electrons. The number of esters is 1. The van der Waals surface area contributed by atoms with Gasteiger partial charge in [-0.25, -0.2) is 4.98 Å². The number of carbonyl (C=O) groups is 1. The highest BCUT2D eigenvalue weighted by Crippen LogP contribution is 2.22. The van der Waals surface area contributed by atoms with Crippen molar-refractivity contribution in [3.63, 3.8) is 0 Å². The summed E-state index contributed by atoms with van der Waals surface area (Å²) in [5.74, 6) is -1.84. The van der Waals surface area contributed by atoms with Crippen LogP contribution in [0.5, 0.6) is 0 Å². The predicted octanol–water partition coefficient (Wildman–Crippen LogP) is 2.08. The van der Waals surface area contributed by atoms with Gasteiger partial charge in [-0.15, -0.1) is 0 Å². The zero-order valence-corrected chi connectivity index (χ0v) is 10.5. The molecule has 1 atom stereocenters. The van der Waals surface area contributed by atoms with Crippen LogP contribution in [0.4, 0.5) is 0 Å². The lowest BCUT2D eigenvalue weighted by atomic mass is 10.1. The van der Waals surface area contributed by atoms with E-state index in [2.05, 4.69) is 9.97 Å². The Morgan fingerprint density at radius 3 is 2.53 bits per heavy atom. The third-order valence-electron chi connectivity index (χ3n) is 1.72. The topological polar surface area (TPSA) is 75.9 Å².